The third-order valence-electron chi connectivity index (χ3n) is 6.40. The molecule has 1 aliphatic carbocycles. The van der Waals surface area contributed by atoms with Crippen molar-refractivity contribution in [2.45, 2.75) is 57.2 Å². The van der Waals surface area contributed by atoms with Gasteiger partial charge >= 0.3 is 0 Å². The monoisotopic (exact) mass is 417 g/mol. The Labute approximate surface area is 176 Å². The standard InChI is InChI=1S/C21H31N5O4/c27-19(15-25-9-4-8-23-25)22-13-16-14-24(11-12-30-16)21(29)17-5-1-2-6-18(17)26-10-3-7-20(26)28/h4,8-9,16-18H,1-3,5-7,10-15H2,(H,22,27)/t16?,17-,18+/m1/s1. The van der Waals surface area contributed by atoms with E-state index in [-0.39, 0.29) is 42.3 Å². The molecule has 0 aromatic carbocycles. The number of hydrogen-bond acceptors (Lipinski definition) is 5. The minimum Gasteiger partial charge on any atom is -0.373 e. The first kappa shape index (κ1) is 20.8. The van der Waals surface area contributed by atoms with Crippen molar-refractivity contribution in [2.75, 3.05) is 32.8 Å². The van der Waals surface area contributed by atoms with Crippen molar-refractivity contribution in [1.82, 2.24) is 24.9 Å². The molecule has 9 heteroatoms. The predicted molar refractivity (Wildman–Crippen MR) is 108 cm³/mol. The number of morpholine rings is 1. The summed E-state index contributed by atoms with van der Waals surface area (Å²) < 4.78 is 7.34. The highest BCUT2D eigenvalue weighted by molar-refractivity contribution is 5.83. The highest BCUT2D eigenvalue weighted by Crippen LogP contribution is 2.32. The Morgan fingerprint density at radius 1 is 1.20 bits per heavy atom. The molecule has 2 aliphatic heterocycles. The van der Waals surface area contributed by atoms with Gasteiger partial charge < -0.3 is 19.9 Å². The van der Waals surface area contributed by atoms with Crippen LogP contribution in [0.3, 0.4) is 0 Å². The quantitative estimate of drug-likeness (QED) is 0.723. The van der Waals surface area contributed by atoms with Gasteiger partial charge in [-0.1, -0.05) is 12.8 Å². The second-order valence-electron chi connectivity index (χ2n) is 8.43. The highest BCUT2D eigenvalue weighted by Gasteiger charge is 2.41. The van der Waals surface area contributed by atoms with Crippen molar-refractivity contribution >= 4 is 17.7 Å². The molecule has 3 amide bonds. The molecule has 4 rings (SSSR count). The first-order valence-corrected chi connectivity index (χ1v) is 11.1. The van der Waals surface area contributed by atoms with Crippen LogP contribution >= 0.6 is 0 Å². The first-order valence-electron chi connectivity index (χ1n) is 11.1. The molecule has 1 aromatic heterocycles. The maximum Gasteiger partial charge on any atom is 0.241 e. The zero-order valence-electron chi connectivity index (χ0n) is 17.4. The summed E-state index contributed by atoms with van der Waals surface area (Å²) in [5, 5.41) is 6.90. The number of aromatic nitrogens is 2. The van der Waals surface area contributed by atoms with E-state index < -0.39 is 0 Å². The van der Waals surface area contributed by atoms with E-state index in [1.165, 1.54) is 0 Å². The molecule has 1 aromatic rings. The number of rotatable bonds is 6. The summed E-state index contributed by atoms with van der Waals surface area (Å²) in [6.45, 7) is 2.80. The van der Waals surface area contributed by atoms with Crippen LogP contribution in [-0.4, -0.2) is 82.2 Å². The topological polar surface area (TPSA) is 96.8 Å². The largest absolute Gasteiger partial charge is 0.373 e. The van der Waals surface area contributed by atoms with Crippen molar-refractivity contribution in [3.05, 3.63) is 18.5 Å². The summed E-state index contributed by atoms with van der Waals surface area (Å²) >= 11 is 0. The Bertz CT molecular complexity index is 753. The number of nitrogens with one attached hydrogen (secondary N) is 1. The third kappa shape index (κ3) is 4.83. The molecular formula is C21H31N5O4. The van der Waals surface area contributed by atoms with Crippen LogP contribution in [0.25, 0.3) is 0 Å². The van der Waals surface area contributed by atoms with E-state index in [9.17, 15) is 14.4 Å². The average Bonchev–Trinajstić information content (AvgIpc) is 3.43. The fourth-order valence-corrected chi connectivity index (χ4v) is 4.89. The van der Waals surface area contributed by atoms with Gasteiger partial charge in [0, 0.05) is 51.0 Å². The Morgan fingerprint density at radius 2 is 2.07 bits per heavy atom. The van der Waals surface area contributed by atoms with Crippen LogP contribution in [-0.2, 0) is 25.7 Å². The number of nitrogens with zero attached hydrogens (tertiary/aromatic N) is 4. The van der Waals surface area contributed by atoms with E-state index in [1.807, 2.05) is 9.80 Å². The summed E-state index contributed by atoms with van der Waals surface area (Å²) in [6.07, 6.45) is 8.52. The van der Waals surface area contributed by atoms with Gasteiger partial charge in [-0.3, -0.25) is 19.1 Å². The van der Waals surface area contributed by atoms with Gasteiger partial charge in [-0.05, 0) is 25.3 Å². The maximum atomic E-state index is 13.4. The number of hydrogen-bond donors (Lipinski definition) is 1. The summed E-state index contributed by atoms with van der Waals surface area (Å²) in [4.78, 5) is 41.5. The molecule has 0 bridgehead atoms. The summed E-state index contributed by atoms with van der Waals surface area (Å²) in [6, 6.07) is 1.81. The Hall–Kier alpha value is -2.42. The minimum atomic E-state index is -0.222. The molecular weight excluding hydrogens is 386 g/mol. The van der Waals surface area contributed by atoms with Gasteiger partial charge in [0.25, 0.3) is 0 Å². The van der Waals surface area contributed by atoms with Gasteiger partial charge in [-0.15, -0.1) is 0 Å². The van der Waals surface area contributed by atoms with E-state index in [2.05, 4.69) is 10.4 Å². The van der Waals surface area contributed by atoms with Crippen molar-refractivity contribution < 1.29 is 19.1 Å². The number of carbonyl (C=O) groups is 3. The number of ether oxygens (including phenoxy) is 1. The van der Waals surface area contributed by atoms with Gasteiger partial charge in [0.1, 0.15) is 6.54 Å². The van der Waals surface area contributed by atoms with Gasteiger partial charge in [0.15, 0.2) is 0 Å². The van der Waals surface area contributed by atoms with E-state index >= 15 is 0 Å². The molecule has 0 radical (unpaired) electrons. The third-order valence-corrected chi connectivity index (χ3v) is 6.40. The lowest BCUT2D eigenvalue weighted by Gasteiger charge is -2.41. The molecule has 30 heavy (non-hydrogen) atoms. The lowest BCUT2D eigenvalue weighted by Crippen LogP contribution is -2.55. The zero-order valence-corrected chi connectivity index (χ0v) is 17.4. The molecule has 3 fully saturated rings. The summed E-state index contributed by atoms with van der Waals surface area (Å²) in [5.41, 5.74) is 0. The Kier molecular flexibility index (Phi) is 6.66. The highest BCUT2D eigenvalue weighted by atomic mass is 16.5. The molecule has 3 atom stereocenters. The van der Waals surface area contributed by atoms with Gasteiger partial charge in [-0.2, -0.15) is 5.10 Å². The van der Waals surface area contributed by atoms with Crippen LogP contribution in [0.15, 0.2) is 18.5 Å². The smallest absolute Gasteiger partial charge is 0.241 e. The van der Waals surface area contributed by atoms with Gasteiger partial charge in [0.2, 0.25) is 17.7 Å². The average molecular weight is 418 g/mol. The van der Waals surface area contributed by atoms with E-state index in [1.54, 1.807) is 23.1 Å². The predicted octanol–water partition coefficient (Wildman–Crippen LogP) is 0.408. The molecule has 0 spiro atoms. The van der Waals surface area contributed by atoms with Crippen molar-refractivity contribution in [2.24, 2.45) is 5.92 Å². The second-order valence-corrected chi connectivity index (χ2v) is 8.43. The molecule has 1 unspecified atom stereocenters. The second kappa shape index (κ2) is 9.59. The number of carbonyl (C=O) groups excluding carboxylic acids is 3. The summed E-state index contributed by atoms with van der Waals surface area (Å²) in [5.74, 6) is 0.0783. The fraction of sp³-hybridized carbons (Fsp3) is 0.714. The molecule has 9 nitrogen and oxygen atoms in total. The fourth-order valence-electron chi connectivity index (χ4n) is 4.89. The van der Waals surface area contributed by atoms with E-state index in [4.69, 9.17) is 4.74 Å². The Balaban J connectivity index is 1.31. The van der Waals surface area contributed by atoms with Crippen LogP contribution in [0.2, 0.25) is 0 Å². The SMILES string of the molecule is O=C(Cn1cccn1)NCC1CN(C(=O)[C@@H]2CCCC[C@@H]2N2CCCC2=O)CCO1. The van der Waals surface area contributed by atoms with Crippen molar-refractivity contribution in [3.63, 3.8) is 0 Å². The summed E-state index contributed by atoms with van der Waals surface area (Å²) in [7, 11) is 0. The molecule has 1 saturated carbocycles. The molecule has 2 saturated heterocycles. The first-order chi connectivity index (χ1) is 14.6. The van der Waals surface area contributed by atoms with Crippen LogP contribution < -0.4 is 5.32 Å². The Morgan fingerprint density at radius 3 is 2.83 bits per heavy atom. The van der Waals surface area contributed by atoms with Crippen molar-refractivity contribution in [3.8, 4) is 0 Å². The van der Waals surface area contributed by atoms with Gasteiger partial charge in [-0.25, -0.2) is 0 Å². The van der Waals surface area contributed by atoms with E-state index in [0.29, 0.717) is 32.7 Å². The number of amides is 3. The molecule has 1 N–H and O–H groups in total. The minimum absolute atomic E-state index is 0.0383. The lowest BCUT2D eigenvalue weighted by atomic mass is 9.82. The van der Waals surface area contributed by atoms with Crippen LogP contribution in [0, 0.1) is 5.92 Å². The van der Waals surface area contributed by atoms with Crippen molar-refractivity contribution in [1.29, 1.82) is 0 Å². The van der Waals surface area contributed by atoms with Gasteiger partial charge in [0.05, 0.1) is 18.6 Å². The maximum absolute atomic E-state index is 13.4. The number of likely N-dealkylation sites (tertiary alicyclic amines) is 1. The van der Waals surface area contributed by atoms with Crippen LogP contribution in [0.1, 0.15) is 38.5 Å². The molecule has 3 heterocycles. The molecule has 3 aliphatic rings. The van der Waals surface area contributed by atoms with Crippen LogP contribution in [0.4, 0.5) is 0 Å². The van der Waals surface area contributed by atoms with Crippen LogP contribution in [0.5, 0.6) is 0 Å². The normalized spacial score (nSPS) is 27.3. The molecule has 164 valence electrons. The lowest BCUT2D eigenvalue weighted by molar-refractivity contribution is -0.148. The van der Waals surface area contributed by atoms with E-state index in [0.717, 1.165) is 38.6 Å². The zero-order chi connectivity index (χ0) is 20.9.